The van der Waals surface area contributed by atoms with Crippen LogP contribution in [0.4, 0.5) is 46.5 Å². The third-order valence-electron chi connectivity index (χ3n) is 16.9. The van der Waals surface area contributed by atoms with Crippen molar-refractivity contribution >= 4 is 57.8 Å². The highest BCUT2D eigenvalue weighted by molar-refractivity contribution is 6.62. The monoisotopic (exact) mass is 1080 g/mol. The third kappa shape index (κ3) is 9.65. The molecule has 2 amide bonds. The summed E-state index contributed by atoms with van der Waals surface area (Å²) in [6.07, 6.45) is 3.16. The van der Waals surface area contributed by atoms with Crippen molar-refractivity contribution in [2.75, 3.05) is 9.80 Å². The van der Waals surface area contributed by atoms with Gasteiger partial charge in [-0.15, -0.1) is 0 Å². The molecule has 3 saturated heterocycles. The summed E-state index contributed by atoms with van der Waals surface area (Å²) in [5.74, 6) is -8.83. The Morgan fingerprint density at radius 2 is 1.03 bits per heavy atom. The number of aromatic nitrogens is 6. The Hall–Kier alpha value is -6.61. The van der Waals surface area contributed by atoms with Crippen LogP contribution in [0.1, 0.15) is 146 Å². The second-order valence-electron chi connectivity index (χ2n) is 22.5. The lowest BCUT2D eigenvalue weighted by molar-refractivity contribution is -0.118. The number of hydrogen-bond acceptors (Lipinski definition) is 7. The fourth-order valence-corrected chi connectivity index (χ4v) is 12.1. The van der Waals surface area contributed by atoms with Crippen molar-refractivity contribution in [3.05, 3.63) is 120 Å². The summed E-state index contributed by atoms with van der Waals surface area (Å²) >= 11 is 0. The van der Waals surface area contributed by atoms with E-state index < -0.39 is 65.5 Å². The van der Waals surface area contributed by atoms with Gasteiger partial charge in [-0.2, -0.15) is 0 Å². The molecule has 2 saturated carbocycles. The minimum absolute atomic E-state index is 0.203. The first kappa shape index (κ1) is 53.4. The lowest BCUT2D eigenvalue weighted by Gasteiger charge is -2.32. The maximum Gasteiger partial charge on any atom is 0.494 e. The van der Waals surface area contributed by atoms with Crippen molar-refractivity contribution in [3.63, 3.8) is 0 Å². The van der Waals surface area contributed by atoms with E-state index in [2.05, 4.69) is 4.98 Å². The van der Waals surface area contributed by atoms with Crippen LogP contribution in [0, 0.1) is 30.2 Å². The second-order valence-corrected chi connectivity index (χ2v) is 22.5. The van der Waals surface area contributed by atoms with Gasteiger partial charge >= 0.3 is 7.12 Å². The molecule has 6 heterocycles. The molecule has 0 bridgehead atoms. The van der Waals surface area contributed by atoms with Gasteiger partial charge in [0.25, 0.3) is 0 Å². The van der Waals surface area contributed by atoms with Crippen LogP contribution in [-0.4, -0.2) is 70.6 Å². The Morgan fingerprint density at radius 1 is 0.577 bits per heavy atom. The predicted molar refractivity (Wildman–Crippen MR) is 279 cm³/mol. The number of carbonyl (C=O) groups is 2. The normalized spacial score (nSPS) is 22.3. The van der Waals surface area contributed by atoms with Crippen molar-refractivity contribution in [1.29, 1.82) is 0 Å². The van der Waals surface area contributed by atoms with E-state index >= 15 is 0 Å². The minimum atomic E-state index is -2.71. The Balaban J connectivity index is 0.000000166. The van der Waals surface area contributed by atoms with E-state index in [0.717, 1.165) is 57.7 Å². The molecule has 2 aliphatic carbocycles. The molecule has 0 N–H and O–H groups in total. The molecule has 78 heavy (non-hydrogen) atoms. The van der Waals surface area contributed by atoms with Gasteiger partial charge in [-0.1, -0.05) is 12.1 Å². The zero-order chi connectivity index (χ0) is 55.4. The smallest absolute Gasteiger partial charge is 0.399 e. The van der Waals surface area contributed by atoms with E-state index in [0.29, 0.717) is 35.5 Å². The fourth-order valence-electron chi connectivity index (χ4n) is 12.1. The van der Waals surface area contributed by atoms with E-state index in [1.165, 1.54) is 21.9 Å². The van der Waals surface area contributed by atoms with Gasteiger partial charge < -0.3 is 32.8 Å². The number of benzene rings is 4. The van der Waals surface area contributed by atoms with Crippen LogP contribution in [-0.2, 0) is 25.9 Å². The van der Waals surface area contributed by atoms with Gasteiger partial charge in [0.15, 0.2) is 23.3 Å². The molecule has 12 nitrogen and oxygen atoms in total. The minimum Gasteiger partial charge on any atom is -0.399 e. The van der Waals surface area contributed by atoms with Gasteiger partial charge in [-0.25, -0.2) is 50.1 Å². The summed E-state index contributed by atoms with van der Waals surface area (Å²) in [4.78, 5) is 43.2. The van der Waals surface area contributed by atoms with Crippen LogP contribution in [0.2, 0.25) is 0 Å². The molecule has 0 spiro atoms. The Morgan fingerprint density at radius 3 is 1.46 bits per heavy atom. The van der Waals surface area contributed by atoms with E-state index in [9.17, 15) is 44.7 Å². The van der Waals surface area contributed by atoms with Crippen LogP contribution in [0.3, 0.4) is 0 Å². The number of carbonyl (C=O) groups excluding carboxylic acids is 2. The van der Waals surface area contributed by atoms with Crippen molar-refractivity contribution in [1.82, 2.24) is 28.7 Å². The average Bonchev–Trinajstić information content (AvgIpc) is 4.45. The summed E-state index contributed by atoms with van der Waals surface area (Å²) < 4.78 is 130. The van der Waals surface area contributed by atoms with Gasteiger partial charge in [-0.05, 0) is 127 Å². The largest absolute Gasteiger partial charge is 0.494 e. The van der Waals surface area contributed by atoms with Gasteiger partial charge in [0.1, 0.15) is 11.6 Å². The van der Waals surface area contributed by atoms with Gasteiger partial charge in [0.2, 0.25) is 23.7 Å². The molecule has 3 aromatic heterocycles. The molecule has 4 aromatic carbocycles. The summed E-state index contributed by atoms with van der Waals surface area (Å²) in [6.45, 7) is 9.82. The number of imidazole rings is 3. The molecule has 410 valence electrons. The maximum atomic E-state index is 14.2. The topological polar surface area (TPSA) is 113 Å². The first-order chi connectivity index (χ1) is 36.9. The number of hydrogen-bond donors (Lipinski definition) is 0. The van der Waals surface area contributed by atoms with E-state index in [1.807, 2.05) is 91.8 Å². The van der Waals surface area contributed by atoms with E-state index in [1.54, 1.807) is 6.33 Å². The number of amides is 2. The third-order valence-corrected chi connectivity index (χ3v) is 16.9. The lowest BCUT2D eigenvalue weighted by atomic mass is 9.79. The lowest BCUT2D eigenvalue weighted by Crippen LogP contribution is -2.41. The molecule has 3 aliphatic heterocycles. The molecule has 0 unspecified atom stereocenters. The molecule has 7 aromatic rings. The predicted octanol–water partition coefficient (Wildman–Crippen LogP) is 12.9. The molecular formula is C57H59BF8N8O4. The molecule has 5 aliphatic rings. The molecular weight excluding hydrogens is 1020 g/mol. The number of aryl methyl sites for hydroxylation is 2. The maximum absolute atomic E-state index is 14.2. The van der Waals surface area contributed by atoms with E-state index in [-0.39, 0.29) is 99.5 Å². The average molecular weight is 1080 g/mol. The standard InChI is InChI=1S/C29H32BF4N3O3.C28H27F4N5O/c1-27(2)28(3,4)40-30(39-27)17-5-8-23-22(15-17)35-26(37(23)18-11-13-29(33,34)14-12-18)24-9-10-25(38)36(24)19-6-7-20(31)21(32)16-19;1-16-26(35(2)15-33-16)17-3-6-23-22(13-17)34-27(37(23)18-9-11-28(31,32)12-10-18)24-7-8-25(38)36(24)19-4-5-20(29)21(30)14-19/h5-8,15-16,18,24H,9-14H2,1-4H3;3-6,13-15,18,24H,7-12H2,1-2H3/t2*24-/m00/s1. The van der Waals surface area contributed by atoms with Crippen molar-refractivity contribution in [3.8, 4) is 11.3 Å². The van der Waals surface area contributed by atoms with Crippen molar-refractivity contribution in [2.45, 2.75) is 159 Å². The number of halogens is 8. The Labute approximate surface area is 445 Å². The van der Waals surface area contributed by atoms with Crippen LogP contribution in [0.15, 0.2) is 79.1 Å². The summed E-state index contributed by atoms with van der Waals surface area (Å²) in [6, 6.07) is 16.8. The number of fused-ring (bicyclic) bond motifs is 2. The Kier molecular flexibility index (Phi) is 13.4. The van der Waals surface area contributed by atoms with Crippen molar-refractivity contribution in [2.24, 2.45) is 7.05 Å². The zero-order valence-electron chi connectivity index (χ0n) is 44.1. The zero-order valence-corrected chi connectivity index (χ0v) is 44.1. The molecule has 5 fully saturated rings. The number of rotatable bonds is 8. The van der Waals surface area contributed by atoms with Gasteiger partial charge in [0, 0.05) is 86.7 Å². The highest BCUT2D eigenvalue weighted by Gasteiger charge is 2.52. The molecule has 21 heteroatoms. The highest BCUT2D eigenvalue weighted by Crippen LogP contribution is 2.47. The van der Waals surface area contributed by atoms with Gasteiger partial charge in [0.05, 0.1) is 63.1 Å². The van der Waals surface area contributed by atoms with Crippen LogP contribution in [0.5, 0.6) is 0 Å². The molecule has 0 radical (unpaired) electrons. The summed E-state index contributed by atoms with van der Waals surface area (Å²) in [7, 11) is 1.30. The second kappa shape index (κ2) is 19.6. The number of nitrogens with zero attached hydrogens (tertiary/aromatic N) is 8. The van der Waals surface area contributed by atoms with Crippen molar-refractivity contribution < 1.29 is 54.0 Å². The molecule has 2 atom stereocenters. The first-order valence-electron chi connectivity index (χ1n) is 26.6. The number of anilines is 2. The number of alkyl halides is 4. The first-order valence-corrected chi connectivity index (χ1v) is 26.6. The quantitative estimate of drug-likeness (QED) is 0.110. The highest BCUT2D eigenvalue weighted by atomic mass is 19.3. The SMILES string of the molecule is CC1(C)OB(c2ccc3c(c2)nc([C@@H]2CCC(=O)N2c2ccc(F)c(F)c2)n3C2CCC(F)(F)CC2)OC1(C)C.Cc1ncn(C)c1-c1ccc2c(c1)nc([C@@H]1CCC(=O)N1c1ccc(F)c(F)c1)n2C1CCC(F)(F)CC1. The van der Waals surface area contributed by atoms with E-state index in [4.69, 9.17) is 19.3 Å². The van der Waals surface area contributed by atoms with Crippen LogP contribution < -0.4 is 15.3 Å². The summed E-state index contributed by atoms with van der Waals surface area (Å²) in [5, 5.41) is 0. The van der Waals surface area contributed by atoms with Gasteiger partial charge in [-0.3, -0.25) is 9.59 Å². The van der Waals surface area contributed by atoms with Crippen LogP contribution in [0.25, 0.3) is 33.3 Å². The fraction of sp³-hybridized carbons (Fsp3) is 0.456. The summed E-state index contributed by atoms with van der Waals surface area (Å²) in [5.41, 5.74) is 5.79. The van der Waals surface area contributed by atoms with Crippen LogP contribution >= 0.6 is 0 Å². The molecule has 12 rings (SSSR count). The Bertz CT molecular complexity index is 3450.